The van der Waals surface area contributed by atoms with Crippen LogP contribution in [0.3, 0.4) is 0 Å². The van der Waals surface area contributed by atoms with Crippen LogP contribution in [-0.2, 0) is 6.54 Å². The number of hydrogen-bond acceptors (Lipinski definition) is 5. The van der Waals surface area contributed by atoms with E-state index < -0.39 is 0 Å². The lowest BCUT2D eigenvalue weighted by molar-refractivity contribution is 0.762. The molecule has 0 spiro atoms. The largest absolute Gasteiger partial charge is 0.322 e. The first-order chi connectivity index (χ1) is 7.22. The Kier molecular flexibility index (Phi) is 2.79. The van der Waals surface area contributed by atoms with Crippen molar-refractivity contribution in [2.24, 2.45) is 5.73 Å². The maximum Gasteiger partial charge on any atom is 0.183 e. The van der Waals surface area contributed by atoms with Gasteiger partial charge in [-0.3, -0.25) is 0 Å². The van der Waals surface area contributed by atoms with E-state index in [1.807, 2.05) is 23.8 Å². The Morgan fingerprint density at radius 3 is 3.00 bits per heavy atom. The standard InChI is InChI=1S/C9H13N5S/c1-3-14-5-11-13-8(14)7-4-15-9(12-7)6(2)10/h4-6H,3,10H2,1-2H3. The van der Waals surface area contributed by atoms with Gasteiger partial charge in [-0.25, -0.2) is 4.98 Å². The van der Waals surface area contributed by atoms with Gasteiger partial charge in [0.1, 0.15) is 17.0 Å². The molecule has 2 N–H and O–H groups in total. The van der Waals surface area contributed by atoms with Crippen LogP contribution in [0, 0.1) is 0 Å². The van der Waals surface area contributed by atoms with Crippen molar-refractivity contribution in [2.75, 3.05) is 0 Å². The van der Waals surface area contributed by atoms with E-state index in [2.05, 4.69) is 15.2 Å². The third kappa shape index (κ3) is 1.91. The molecule has 0 aromatic carbocycles. The molecule has 0 aliphatic rings. The van der Waals surface area contributed by atoms with Crippen LogP contribution >= 0.6 is 11.3 Å². The Morgan fingerprint density at radius 1 is 1.60 bits per heavy atom. The molecule has 15 heavy (non-hydrogen) atoms. The molecule has 0 saturated carbocycles. The van der Waals surface area contributed by atoms with Crippen LogP contribution in [0.1, 0.15) is 24.9 Å². The number of thiazole rings is 1. The predicted molar refractivity (Wildman–Crippen MR) is 59.4 cm³/mol. The van der Waals surface area contributed by atoms with Crippen molar-refractivity contribution in [3.05, 3.63) is 16.7 Å². The van der Waals surface area contributed by atoms with Crippen LogP contribution in [0.15, 0.2) is 11.7 Å². The van der Waals surface area contributed by atoms with Crippen molar-refractivity contribution in [1.82, 2.24) is 19.7 Å². The minimum atomic E-state index is -0.0262. The molecule has 2 aromatic rings. The van der Waals surface area contributed by atoms with Crippen molar-refractivity contribution in [1.29, 1.82) is 0 Å². The van der Waals surface area contributed by atoms with Crippen molar-refractivity contribution in [2.45, 2.75) is 26.4 Å². The number of nitrogens with two attached hydrogens (primary N) is 1. The molecule has 0 aliphatic carbocycles. The van der Waals surface area contributed by atoms with Gasteiger partial charge < -0.3 is 10.3 Å². The zero-order valence-corrected chi connectivity index (χ0v) is 9.53. The number of rotatable bonds is 3. The van der Waals surface area contributed by atoms with Gasteiger partial charge in [0, 0.05) is 11.9 Å². The second-order valence-electron chi connectivity index (χ2n) is 3.30. The zero-order chi connectivity index (χ0) is 10.8. The number of aromatic nitrogens is 4. The van der Waals surface area contributed by atoms with Crippen LogP contribution in [0.25, 0.3) is 11.5 Å². The number of nitrogens with zero attached hydrogens (tertiary/aromatic N) is 4. The normalized spacial score (nSPS) is 13.0. The summed E-state index contributed by atoms with van der Waals surface area (Å²) < 4.78 is 1.96. The Hall–Kier alpha value is -1.27. The SMILES string of the molecule is CCn1cnnc1-c1csc(C(C)N)n1. The first-order valence-electron chi connectivity index (χ1n) is 4.81. The summed E-state index contributed by atoms with van der Waals surface area (Å²) in [5.41, 5.74) is 6.61. The van der Waals surface area contributed by atoms with E-state index in [0.29, 0.717) is 0 Å². The highest BCUT2D eigenvalue weighted by Crippen LogP contribution is 2.22. The van der Waals surface area contributed by atoms with E-state index >= 15 is 0 Å². The number of aryl methyl sites for hydroxylation is 1. The van der Waals surface area contributed by atoms with Gasteiger partial charge in [0.05, 0.1) is 6.04 Å². The van der Waals surface area contributed by atoms with Gasteiger partial charge >= 0.3 is 0 Å². The van der Waals surface area contributed by atoms with E-state index in [1.54, 1.807) is 17.7 Å². The molecule has 1 atom stereocenters. The fraction of sp³-hybridized carbons (Fsp3) is 0.444. The molecule has 2 rings (SSSR count). The lowest BCUT2D eigenvalue weighted by atomic mass is 10.4. The summed E-state index contributed by atoms with van der Waals surface area (Å²) in [4.78, 5) is 4.43. The molecule has 0 aliphatic heterocycles. The Labute approximate surface area is 92.0 Å². The van der Waals surface area contributed by atoms with Crippen LogP contribution in [0.2, 0.25) is 0 Å². The molecule has 0 radical (unpaired) electrons. The van der Waals surface area contributed by atoms with E-state index in [1.165, 1.54) is 0 Å². The third-order valence-corrected chi connectivity index (χ3v) is 3.14. The topological polar surface area (TPSA) is 69.6 Å². The zero-order valence-electron chi connectivity index (χ0n) is 8.71. The molecule has 0 fully saturated rings. The predicted octanol–water partition coefficient (Wildman–Crippen LogP) is 1.44. The summed E-state index contributed by atoms with van der Waals surface area (Å²) in [5, 5.41) is 10.8. The average Bonchev–Trinajstić information content (AvgIpc) is 2.85. The van der Waals surface area contributed by atoms with Crippen LogP contribution in [0.5, 0.6) is 0 Å². The molecule has 2 heterocycles. The van der Waals surface area contributed by atoms with Gasteiger partial charge in [-0.1, -0.05) is 0 Å². The molecule has 2 aromatic heterocycles. The van der Waals surface area contributed by atoms with Gasteiger partial charge in [-0.05, 0) is 13.8 Å². The minimum absolute atomic E-state index is 0.0262. The summed E-state index contributed by atoms with van der Waals surface area (Å²) in [5.74, 6) is 0.806. The lowest BCUT2D eigenvalue weighted by Gasteiger charge is -1.99. The van der Waals surface area contributed by atoms with Gasteiger partial charge in [-0.2, -0.15) is 0 Å². The molecule has 5 nitrogen and oxygen atoms in total. The van der Waals surface area contributed by atoms with Gasteiger partial charge in [0.15, 0.2) is 5.82 Å². The van der Waals surface area contributed by atoms with Crippen molar-refractivity contribution in [3.63, 3.8) is 0 Å². The van der Waals surface area contributed by atoms with E-state index in [9.17, 15) is 0 Å². The highest BCUT2D eigenvalue weighted by atomic mass is 32.1. The fourth-order valence-corrected chi connectivity index (χ4v) is 2.04. The lowest BCUT2D eigenvalue weighted by Crippen LogP contribution is -2.04. The summed E-state index contributed by atoms with van der Waals surface area (Å²) in [6.07, 6.45) is 1.71. The van der Waals surface area contributed by atoms with Crippen molar-refractivity contribution in [3.8, 4) is 11.5 Å². The Morgan fingerprint density at radius 2 is 2.40 bits per heavy atom. The highest BCUT2D eigenvalue weighted by Gasteiger charge is 2.12. The molecule has 80 valence electrons. The van der Waals surface area contributed by atoms with E-state index in [0.717, 1.165) is 23.1 Å². The van der Waals surface area contributed by atoms with Gasteiger partial charge in [-0.15, -0.1) is 21.5 Å². The van der Waals surface area contributed by atoms with E-state index in [-0.39, 0.29) is 6.04 Å². The maximum atomic E-state index is 5.76. The first kappa shape index (κ1) is 10.3. The maximum absolute atomic E-state index is 5.76. The molecule has 0 saturated heterocycles. The Bertz CT molecular complexity index is 445. The van der Waals surface area contributed by atoms with Crippen molar-refractivity contribution >= 4 is 11.3 Å². The Balaban J connectivity index is 2.37. The van der Waals surface area contributed by atoms with E-state index in [4.69, 9.17) is 5.73 Å². The fourth-order valence-electron chi connectivity index (χ4n) is 1.28. The van der Waals surface area contributed by atoms with Crippen LogP contribution in [0.4, 0.5) is 0 Å². The molecule has 1 unspecified atom stereocenters. The summed E-state index contributed by atoms with van der Waals surface area (Å²) >= 11 is 1.56. The average molecular weight is 223 g/mol. The van der Waals surface area contributed by atoms with Gasteiger partial charge in [0.25, 0.3) is 0 Å². The van der Waals surface area contributed by atoms with Crippen LogP contribution < -0.4 is 5.73 Å². The van der Waals surface area contributed by atoms with Crippen LogP contribution in [-0.4, -0.2) is 19.7 Å². The van der Waals surface area contributed by atoms with Crippen molar-refractivity contribution < 1.29 is 0 Å². The number of hydrogen-bond donors (Lipinski definition) is 1. The highest BCUT2D eigenvalue weighted by molar-refractivity contribution is 7.10. The quantitative estimate of drug-likeness (QED) is 0.854. The van der Waals surface area contributed by atoms with Gasteiger partial charge in [0.2, 0.25) is 0 Å². The third-order valence-electron chi connectivity index (χ3n) is 2.10. The smallest absolute Gasteiger partial charge is 0.183 e. The second kappa shape index (κ2) is 4.08. The molecule has 0 bridgehead atoms. The minimum Gasteiger partial charge on any atom is -0.322 e. The summed E-state index contributed by atoms with van der Waals surface area (Å²) in [6, 6.07) is -0.0262. The monoisotopic (exact) mass is 223 g/mol. The first-order valence-corrected chi connectivity index (χ1v) is 5.69. The molecular formula is C9H13N5S. The molecular weight excluding hydrogens is 210 g/mol. The molecule has 0 amide bonds. The summed E-state index contributed by atoms with van der Waals surface area (Å²) in [6.45, 7) is 4.81. The second-order valence-corrected chi connectivity index (χ2v) is 4.19. The summed E-state index contributed by atoms with van der Waals surface area (Å²) in [7, 11) is 0. The molecule has 6 heteroatoms.